The summed E-state index contributed by atoms with van der Waals surface area (Å²) in [6.07, 6.45) is 3.24. The highest BCUT2D eigenvalue weighted by atomic mass is 16.5. The Kier molecular flexibility index (Phi) is 4.95. The third kappa shape index (κ3) is 3.68. The summed E-state index contributed by atoms with van der Waals surface area (Å²) in [7, 11) is 0. The quantitative estimate of drug-likeness (QED) is 0.871. The topological polar surface area (TPSA) is 87.7 Å². The van der Waals surface area contributed by atoms with Crippen LogP contribution in [-0.4, -0.2) is 58.5 Å². The van der Waals surface area contributed by atoms with E-state index in [1.54, 1.807) is 28.3 Å². The number of nitrogens with zero attached hydrogens (tertiary/aromatic N) is 4. The number of carbonyl (C=O) groups is 2. The zero-order valence-electron chi connectivity index (χ0n) is 16.0. The number of carbonyl (C=O) groups excluding carboxylic acids is 2. The van der Waals surface area contributed by atoms with Crippen LogP contribution in [0, 0.1) is 0 Å². The molecule has 2 aromatic heterocycles. The normalized spacial score (nSPS) is 21.9. The summed E-state index contributed by atoms with van der Waals surface area (Å²) in [5.41, 5.74) is 1.83. The van der Waals surface area contributed by atoms with Crippen molar-refractivity contribution in [3.8, 4) is 0 Å². The van der Waals surface area contributed by atoms with Crippen LogP contribution in [0.2, 0.25) is 0 Å². The number of rotatable bonds is 3. The van der Waals surface area contributed by atoms with Gasteiger partial charge in [-0.25, -0.2) is 4.98 Å². The van der Waals surface area contributed by atoms with Gasteiger partial charge in [-0.15, -0.1) is 0 Å². The maximum absolute atomic E-state index is 13.0. The average molecular weight is 381 g/mol. The van der Waals surface area contributed by atoms with E-state index in [9.17, 15) is 9.59 Å². The van der Waals surface area contributed by atoms with Crippen molar-refractivity contribution in [2.75, 3.05) is 29.9 Å². The van der Waals surface area contributed by atoms with Gasteiger partial charge in [-0.2, -0.15) is 0 Å². The highest BCUT2D eigenvalue weighted by Gasteiger charge is 2.30. The standard InChI is InChI=1S/C20H23N5O3/c1-13-10-24(11-14(2)28-13)20(27)15-7-17-19(22-8-15)23-9-18(26)25(17)12-16-5-3-4-6-21-16/h3-8,13-14H,9-12H2,1-2H3,(H,22,23)/t13-,14+. The fourth-order valence-electron chi connectivity index (χ4n) is 3.65. The molecule has 0 spiro atoms. The number of amides is 2. The number of ether oxygens (including phenoxy) is 1. The Morgan fingerprint density at radius 3 is 2.75 bits per heavy atom. The number of hydrogen-bond donors (Lipinski definition) is 1. The van der Waals surface area contributed by atoms with Gasteiger partial charge >= 0.3 is 0 Å². The van der Waals surface area contributed by atoms with Gasteiger partial charge in [0.25, 0.3) is 5.91 Å². The van der Waals surface area contributed by atoms with Crippen molar-refractivity contribution in [1.29, 1.82) is 0 Å². The van der Waals surface area contributed by atoms with Gasteiger partial charge in [0.15, 0.2) is 5.82 Å². The molecule has 2 aromatic rings. The van der Waals surface area contributed by atoms with E-state index in [1.165, 1.54) is 0 Å². The minimum absolute atomic E-state index is 0.0119. The van der Waals surface area contributed by atoms with Gasteiger partial charge in [0.1, 0.15) is 0 Å². The summed E-state index contributed by atoms with van der Waals surface area (Å²) in [4.78, 5) is 37.7. The molecule has 2 atom stereocenters. The second-order valence-electron chi connectivity index (χ2n) is 7.21. The Labute approximate surface area is 163 Å². The lowest BCUT2D eigenvalue weighted by molar-refractivity contribution is -0.117. The number of nitrogens with one attached hydrogen (secondary N) is 1. The van der Waals surface area contributed by atoms with Crippen LogP contribution in [0.25, 0.3) is 0 Å². The van der Waals surface area contributed by atoms with E-state index in [2.05, 4.69) is 15.3 Å². The molecule has 8 nitrogen and oxygen atoms in total. The Morgan fingerprint density at radius 1 is 1.25 bits per heavy atom. The van der Waals surface area contributed by atoms with E-state index >= 15 is 0 Å². The summed E-state index contributed by atoms with van der Waals surface area (Å²) >= 11 is 0. The number of morpholine rings is 1. The fraction of sp³-hybridized carbons (Fsp3) is 0.400. The fourth-order valence-corrected chi connectivity index (χ4v) is 3.65. The Balaban J connectivity index is 1.62. The summed E-state index contributed by atoms with van der Waals surface area (Å²) in [6, 6.07) is 7.32. The van der Waals surface area contributed by atoms with Gasteiger partial charge in [0.2, 0.25) is 5.91 Å². The molecule has 1 fully saturated rings. The van der Waals surface area contributed by atoms with E-state index in [4.69, 9.17) is 4.74 Å². The molecule has 0 radical (unpaired) electrons. The Morgan fingerprint density at radius 2 is 2.04 bits per heavy atom. The summed E-state index contributed by atoms with van der Waals surface area (Å²) in [5.74, 6) is 0.405. The lowest BCUT2D eigenvalue weighted by Gasteiger charge is -2.35. The van der Waals surface area contributed by atoms with Crippen LogP contribution >= 0.6 is 0 Å². The van der Waals surface area contributed by atoms with E-state index in [-0.39, 0.29) is 30.6 Å². The molecule has 4 rings (SSSR count). The first-order valence-electron chi connectivity index (χ1n) is 9.40. The molecule has 1 N–H and O–H groups in total. The average Bonchev–Trinajstić information content (AvgIpc) is 2.69. The number of hydrogen-bond acceptors (Lipinski definition) is 6. The van der Waals surface area contributed by atoms with Gasteiger partial charge in [-0.3, -0.25) is 14.6 Å². The highest BCUT2D eigenvalue weighted by molar-refractivity contribution is 6.04. The van der Waals surface area contributed by atoms with E-state index in [0.717, 1.165) is 5.69 Å². The Bertz CT molecular complexity index is 879. The third-order valence-corrected chi connectivity index (χ3v) is 4.87. The van der Waals surface area contributed by atoms with E-state index in [0.29, 0.717) is 36.7 Å². The minimum Gasteiger partial charge on any atom is -0.372 e. The van der Waals surface area contributed by atoms with E-state index in [1.807, 2.05) is 32.0 Å². The smallest absolute Gasteiger partial charge is 0.255 e. The maximum atomic E-state index is 13.0. The number of anilines is 2. The van der Waals surface area contributed by atoms with Crippen LogP contribution < -0.4 is 10.2 Å². The lowest BCUT2D eigenvalue weighted by atomic mass is 10.1. The van der Waals surface area contributed by atoms with Crippen molar-refractivity contribution in [2.45, 2.75) is 32.6 Å². The second kappa shape index (κ2) is 7.55. The van der Waals surface area contributed by atoms with Gasteiger partial charge in [-0.05, 0) is 32.0 Å². The molecule has 8 heteroatoms. The van der Waals surface area contributed by atoms with Crippen LogP contribution in [0.3, 0.4) is 0 Å². The van der Waals surface area contributed by atoms with E-state index < -0.39 is 0 Å². The molecule has 0 saturated carbocycles. The van der Waals surface area contributed by atoms with Crippen LogP contribution in [0.5, 0.6) is 0 Å². The van der Waals surface area contributed by atoms with Crippen molar-refractivity contribution in [3.05, 3.63) is 47.9 Å². The van der Waals surface area contributed by atoms with Crippen LogP contribution in [0.15, 0.2) is 36.7 Å². The number of fused-ring (bicyclic) bond motifs is 1. The monoisotopic (exact) mass is 381 g/mol. The first-order chi connectivity index (χ1) is 13.5. The SMILES string of the molecule is C[C@@H]1CN(C(=O)c2cnc3c(c2)N(Cc2ccccn2)C(=O)CN3)C[C@H](C)O1. The molecule has 2 aliphatic heterocycles. The number of aromatic nitrogens is 2. The lowest BCUT2D eigenvalue weighted by Crippen LogP contribution is -2.48. The van der Waals surface area contributed by atoms with Gasteiger partial charge < -0.3 is 19.9 Å². The van der Waals surface area contributed by atoms with Crippen LogP contribution in [0.4, 0.5) is 11.5 Å². The minimum atomic E-state index is -0.104. The predicted octanol–water partition coefficient (Wildman–Crippen LogP) is 1.68. The van der Waals surface area contributed by atoms with Crippen molar-refractivity contribution >= 4 is 23.3 Å². The third-order valence-electron chi connectivity index (χ3n) is 4.87. The molecule has 2 amide bonds. The van der Waals surface area contributed by atoms with Crippen LogP contribution in [-0.2, 0) is 16.1 Å². The maximum Gasteiger partial charge on any atom is 0.255 e. The first-order valence-corrected chi connectivity index (χ1v) is 9.40. The van der Waals surface area contributed by atoms with Crippen molar-refractivity contribution in [2.24, 2.45) is 0 Å². The molecule has 28 heavy (non-hydrogen) atoms. The molecule has 1 saturated heterocycles. The zero-order chi connectivity index (χ0) is 19.7. The van der Waals surface area contributed by atoms with Gasteiger partial charge in [-0.1, -0.05) is 6.07 Å². The first kappa shape index (κ1) is 18.4. The Hall–Kier alpha value is -3.00. The summed E-state index contributed by atoms with van der Waals surface area (Å²) < 4.78 is 5.71. The molecule has 0 aliphatic carbocycles. The van der Waals surface area contributed by atoms with Gasteiger partial charge in [0, 0.05) is 25.5 Å². The largest absolute Gasteiger partial charge is 0.372 e. The molecule has 146 valence electrons. The molecular formula is C20H23N5O3. The summed E-state index contributed by atoms with van der Waals surface area (Å²) in [5, 5.41) is 3.02. The number of pyridine rings is 2. The summed E-state index contributed by atoms with van der Waals surface area (Å²) in [6.45, 7) is 5.48. The molecule has 4 heterocycles. The van der Waals surface area contributed by atoms with Crippen molar-refractivity contribution in [1.82, 2.24) is 14.9 Å². The molecule has 2 aliphatic rings. The molecular weight excluding hydrogens is 358 g/mol. The second-order valence-corrected chi connectivity index (χ2v) is 7.21. The highest BCUT2D eigenvalue weighted by Crippen LogP contribution is 2.30. The molecule has 0 aromatic carbocycles. The molecule has 0 unspecified atom stereocenters. The predicted molar refractivity (Wildman–Crippen MR) is 104 cm³/mol. The van der Waals surface area contributed by atoms with Crippen molar-refractivity contribution < 1.29 is 14.3 Å². The van der Waals surface area contributed by atoms with Gasteiger partial charge in [0.05, 0.1) is 42.2 Å². The van der Waals surface area contributed by atoms with Crippen LogP contribution in [0.1, 0.15) is 29.9 Å². The van der Waals surface area contributed by atoms with Crippen molar-refractivity contribution in [3.63, 3.8) is 0 Å². The molecule has 0 bridgehead atoms. The zero-order valence-corrected chi connectivity index (χ0v) is 16.0.